The second-order valence-corrected chi connectivity index (χ2v) is 4.15. The average molecular weight is 245 g/mol. The zero-order valence-corrected chi connectivity index (χ0v) is 9.06. The Morgan fingerprint density at radius 3 is 2.65 bits per heavy atom. The first kappa shape index (κ1) is 12.3. The molecular formula is C10H15NO6. The fraction of sp³-hybridized carbons (Fsp3) is 0.700. The molecule has 0 aromatic rings. The molecule has 1 fully saturated rings. The normalized spacial score (nSPS) is 38.4. The van der Waals surface area contributed by atoms with Crippen LogP contribution in [0.5, 0.6) is 0 Å². The fourth-order valence-corrected chi connectivity index (χ4v) is 2.03. The van der Waals surface area contributed by atoms with E-state index in [1.165, 1.54) is 4.90 Å². The number of carbonyl (C=O) groups excluding carboxylic acids is 1. The number of hydrogen-bond acceptors (Lipinski definition) is 6. The maximum atomic E-state index is 11.6. The molecule has 2 heterocycles. The number of amides is 1. The molecule has 4 atom stereocenters. The number of hydrogen-bond donors (Lipinski definition) is 4. The Hall–Kier alpha value is -1.15. The van der Waals surface area contributed by atoms with Gasteiger partial charge in [0.1, 0.15) is 18.3 Å². The van der Waals surface area contributed by atoms with Gasteiger partial charge in [-0.1, -0.05) is 0 Å². The van der Waals surface area contributed by atoms with Gasteiger partial charge in [0.05, 0.1) is 12.4 Å². The lowest BCUT2D eigenvalue weighted by Gasteiger charge is -2.31. The summed E-state index contributed by atoms with van der Waals surface area (Å²) in [5.74, 6) is -0.499. The highest BCUT2D eigenvalue weighted by molar-refractivity contribution is 5.89. The van der Waals surface area contributed by atoms with Gasteiger partial charge in [0.2, 0.25) is 0 Å². The van der Waals surface area contributed by atoms with Crippen molar-refractivity contribution < 1.29 is 30.0 Å². The molecule has 0 spiro atoms. The molecule has 0 unspecified atom stereocenters. The summed E-state index contributed by atoms with van der Waals surface area (Å²) in [4.78, 5) is 12.8. The van der Waals surface area contributed by atoms with Gasteiger partial charge < -0.3 is 30.1 Å². The molecule has 1 amide bonds. The van der Waals surface area contributed by atoms with Crippen molar-refractivity contribution in [3.63, 3.8) is 0 Å². The Morgan fingerprint density at radius 2 is 2.12 bits per heavy atom. The van der Waals surface area contributed by atoms with Crippen molar-refractivity contribution in [2.75, 3.05) is 13.2 Å². The van der Waals surface area contributed by atoms with E-state index in [2.05, 4.69) is 0 Å². The summed E-state index contributed by atoms with van der Waals surface area (Å²) in [6, 6.07) is 0. The summed E-state index contributed by atoms with van der Waals surface area (Å²) in [6.07, 6.45) is -3.04. The molecule has 1 saturated heterocycles. The molecule has 0 bridgehead atoms. The van der Waals surface area contributed by atoms with E-state index in [1.54, 1.807) is 0 Å². The topological polar surface area (TPSA) is 110 Å². The Bertz CT molecular complexity index is 344. The van der Waals surface area contributed by atoms with Crippen molar-refractivity contribution in [3.8, 4) is 0 Å². The van der Waals surface area contributed by atoms with Crippen LogP contribution in [0.4, 0.5) is 0 Å². The molecule has 0 saturated carbocycles. The number of aliphatic hydroxyl groups is 4. The zero-order chi connectivity index (χ0) is 12.6. The number of rotatable bonds is 2. The summed E-state index contributed by atoms with van der Waals surface area (Å²) in [6.45, 7) is -0.231. The minimum absolute atomic E-state index is 0.0157. The number of nitrogens with zero attached hydrogens (tertiary/aromatic N) is 1. The first-order valence-corrected chi connectivity index (χ1v) is 5.37. The zero-order valence-electron chi connectivity index (χ0n) is 9.06. The van der Waals surface area contributed by atoms with E-state index in [0.717, 1.165) is 6.08 Å². The van der Waals surface area contributed by atoms with Crippen LogP contribution in [0.2, 0.25) is 0 Å². The third-order valence-corrected chi connectivity index (χ3v) is 3.01. The van der Waals surface area contributed by atoms with Crippen LogP contribution in [0.15, 0.2) is 11.8 Å². The van der Waals surface area contributed by atoms with Crippen LogP contribution in [-0.2, 0) is 9.53 Å². The van der Waals surface area contributed by atoms with Gasteiger partial charge in [0.15, 0.2) is 6.23 Å². The lowest BCUT2D eigenvalue weighted by atomic mass is 10.1. The third-order valence-electron chi connectivity index (χ3n) is 3.01. The van der Waals surface area contributed by atoms with Crippen LogP contribution in [0.25, 0.3) is 0 Å². The molecule has 2 rings (SSSR count). The van der Waals surface area contributed by atoms with Gasteiger partial charge in [-0.2, -0.15) is 0 Å². The maximum absolute atomic E-state index is 11.6. The molecule has 17 heavy (non-hydrogen) atoms. The van der Waals surface area contributed by atoms with Crippen molar-refractivity contribution in [3.05, 3.63) is 11.8 Å². The quantitative estimate of drug-likeness (QED) is 0.452. The van der Waals surface area contributed by atoms with Crippen LogP contribution in [-0.4, -0.2) is 68.9 Å². The lowest BCUT2D eigenvalue weighted by molar-refractivity contribution is -0.149. The van der Waals surface area contributed by atoms with Crippen molar-refractivity contribution in [2.45, 2.75) is 31.0 Å². The van der Waals surface area contributed by atoms with Gasteiger partial charge in [-0.25, -0.2) is 0 Å². The predicted octanol–water partition coefficient (Wildman–Crippen LogP) is -1.90. The molecular weight excluding hydrogens is 230 g/mol. The Morgan fingerprint density at radius 1 is 1.41 bits per heavy atom. The van der Waals surface area contributed by atoms with Crippen molar-refractivity contribution in [2.24, 2.45) is 0 Å². The van der Waals surface area contributed by atoms with Gasteiger partial charge in [0.25, 0.3) is 5.91 Å². The van der Waals surface area contributed by atoms with E-state index >= 15 is 0 Å². The number of carbonyl (C=O) groups is 1. The van der Waals surface area contributed by atoms with E-state index in [4.69, 9.17) is 9.84 Å². The number of aliphatic hydroxyl groups excluding tert-OH is 4. The average Bonchev–Trinajstić information content (AvgIpc) is 2.57. The fourth-order valence-electron chi connectivity index (χ4n) is 2.03. The summed E-state index contributed by atoms with van der Waals surface area (Å²) in [5, 5.41) is 37.4. The summed E-state index contributed by atoms with van der Waals surface area (Å²) in [5.41, 5.74) is 0. The van der Waals surface area contributed by atoms with Crippen LogP contribution in [0.1, 0.15) is 6.42 Å². The van der Waals surface area contributed by atoms with E-state index in [-0.39, 0.29) is 18.7 Å². The Kier molecular flexibility index (Phi) is 3.34. The highest BCUT2D eigenvalue weighted by atomic mass is 16.6. The molecule has 0 aromatic carbocycles. The third kappa shape index (κ3) is 2.14. The second kappa shape index (κ2) is 4.61. The minimum Gasteiger partial charge on any atom is -0.512 e. The highest BCUT2D eigenvalue weighted by Crippen LogP contribution is 2.26. The standard InChI is InChI=1S/C10H15NO6/c12-4-6-8(15)9(16)10(17-6)11-2-1-5(13)3-7(11)14/h3,6,8-10,12-13,15-16H,1-2,4H2/t6-,8+,9-,10-/m0/s1. The van der Waals surface area contributed by atoms with E-state index in [0.29, 0.717) is 0 Å². The van der Waals surface area contributed by atoms with Crippen molar-refractivity contribution in [1.29, 1.82) is 0 Å². The minimum atomic E-state index is -1.26. The molecule has 0 aliphatic carbocycles. The molecule has 0 radical (unpaired) electrons. The summed E-state index contributed by atoms with van der Waals surface area (Å²) >= 11 is 0. The number of ether oxygens (including phenoxy) is 1. The van der Waals surface area contributed by atoms with Crippen LogP contribution < -0.4 is 0 Å². The first-order chi connectivity index (χ1) is 8.04. The lowest BCUT2D eigenvalue weighted by Crippen LogP contribution is -2.48. The van der Waals surface area contributed by atoms with Gasteiger partial charge in [-0.05, 0) is 0 Å². The van der Waals surface area contributed by atoms with Gasteiger partial charge in [0, 0.05) is 19.0 Å². The molecule has 7 heteroatoms. The molecule has 0 aromatic heterocycles. The molecule has 2 aliphatic rings. The first-order valence-electron chi connectivity index (χ1n) is 5.37. The van der Waals surface area contributed by atoms with Crippen LogP contribution >= 0.6 is 0 Å². The maximum Gasteiger partial charge on any atom is 0.252 e. The highest BCUT2D eigenvalue weighted by Gasteiger charge is 2.46. The largest absolute Gasteiger partial charge is 0.512 e. The predicted molar refractivity (Wildman–Crippen MR) is 54.8 cm³/mol. The molecule has 4 N–H and O–H groups in total. The smallest absolute Gasteiger partial charge is 0.252 e. The van der Waals surface area contributed by atoms with Crippen molar-refractivity contribution >= 4 is 5.91 Å². The molecule has 96 valence electrons. The van der Waals surface area contributed by atoms with Crippen LogP contribution in [0.3, 0.4) is 0 Å². The van der Waals surface area contributed by atoms with Crippen LogP contribution in [0, 0.1) is 0 Å². The van der Waals surface area contributed by atoms with Crippen molar-refractivity contribution in [1.82, 2.24) is 4.90 Å². The van der Waals surface area contributed by atoms with Gasteiger partial charge >= 0.3 is 0 Å². The monoisotopic (exact) mass is 245 g/mol. The molecule has 7 nitrogen and oxygen atoms in total. The van der Waals surface area contributed by atoms with E-state index < -0.39 is 37.1 Å². The Labute approximate surface area is 97.5 Å². The van der Waals surface area contributed by atoms with Gasteiger partial charge in [-0.15, -0.1) is 0 Å². The summed E-state index contributed by atoms with van der Waals surface area (Å²) < 4.78 is 5.22. The SMILES string of the molecule is O=C1C=C(O)CCN1[C@H]1O[C@@H](CO)[C@@H](O)[C@@H]1O. The second-order valence-electron chi connectivity index (χ2n) is 4.15. The van der Waals surface area contributed by atoms with Gasteiger partial charge in [-0.3, -0.25) is 4.79 Å². The van der Waals surface area contributed by atoms with E-state index in [1.807, 2.05) is 0 Å². The molecule has 2 aliphatic heterocycles. The Balaban J connectivity index is 2.11. The summed E-state index contributed by atoms with van der Waals surface area (Å²) in [7, 11) is 0. The van der Waals surface area contributed by atoms with E-state index in [9.17, 15) is 20.1 Å².